The van der Waals surface area contributed by atoms with E-state index in [0.717, 1.165) is 0 Å². The van der Waals surface area contributed by atoms with Gasteiger partial charge in [-0.15, -0.1) is 0 Å². The number of rotatable bonds is 5. The number of hydroxylamine groups is 1. The van der Waals surface area contributed by atoms with Crippen LogP contribution in [0, 0.1) is 0 Å². The van der Waals surface area contributed by atoms with Crippen LogP contribution in [0.4, 0.5) is 0 Å². The molecule has 128 valence electrons. The Hall–Kier alpha value is -3.39. The number of carbonyl (C=O) groups is 1. The molecule has 8 nitrogen and oxygen atoms in total. The van der Waals surface area contributed by atoms with Gasteiger partial charge in [0.1, 0.15) is 11.2 Å². The summed E-state index contributed by atoms with van der Waals surface area (Å²) in [5.41, 5.74) is 10.7. The summed E-state index contributed by atoms with van der Waals surface area (Å²) in [6.07, 6.45) is 2.76. The molecule has 25 heavy (non-hydrogen) atoms. The first-order valence-corrected chi connectivity index (χ1v) is 7.52. The maximum Gasteiger partial charge on any atom is 0.356 e. The predicted octanol–water partition coefficient (Wildman–Crippen LogP) is 2.30. The molecule has 0 aliphatic carbocycles. The topological polar surface area (TPSA) is 124 Å². The maximum absolute atomic E-state index is 11.8. The minimum atomic E-state index is -0.503. The molecule has 0 atom stereocenters. The van der Waals surface area contributed by atoms with Gasteiger partial charge in [0.2, 0.25) is 5.89 Å². The molecule has 2 aromatic heterocycles. The lowest BCUT2D eigenvalue weighted by molar-refractivity contribution is 0.0519. The normalized spacial score (nSPS) is 11.5. The molecule has 3 rings (SSSR count). The lowest BCUT2D eigenvalue weighted by Gasteiger charge is -2.01. The first-order valence-electron chi connectivity index (χ1n) is 7.52. The van der Waals surface area contributed by atoms with Crippen molar-refractivity contribution in [3.63, 3.8) is 0 Å². The molecule has 0 spiro atoms. The second kappa shape index (κ2) is 7.02. The smallest absolute Gasteiger partial charge is 0.356 e. The van der Waals surface area contributed by atoms with Gasteiger partial charge >= 0.3 is 5.97 Å². The zero-order valence-corrected chi connectivity index (χ0v) is 13.4. The van der Waals surface area contributed by atoms with E-state index in [4.69, 9.17) is 20.1 Å². The Bertz CT molecular complexity index is 949. The molecule has 8 heteroatoms. The lowest BCUT2D eigenvalue weighted by Crippen LogP contribution is -2.06. The number of nitrogens with zero attached hydrogens (tertiary/aromatic N) is 2. The van der Waals surface area contributed by atoms with Crippen LogP contribution >= 0.6 is 0 Å². The Morgan fingerprint density at radius 3 is 3.00 bits per heavy atom. The molecule has 0 aliphatic rings. The molecular formula is C17H16N4O4. The monoisotopic (exact) mass is 340 g/mol. The Morgan fingerprint density at radius 2 is 2.24 bits per heavy atom. The number of carbonyl (C=O) groups excluding carboxylic acids is 1. The molecule has 0 radical (unpaired) electrons. The van der Waals surface area contributed by atoms with Crippen molar-refractivity contribution in [2.75, 3.05) is 6.61 Å². The summed E-state index contributed by atoms with van der Waals surface area (Å²) >= 11 is 0. The van der Waals surface area contributed by atoms with Crippen LogP contribution in [0.2, 0.25) is 0 Å². The number of nitrogens with one attached hydrogen (secondary N) is 1. The molecule has 0 aliphatic heterocycles. The van der Waals surface area contributed by atoms with Gasteiger partial charge in [0, 0.05) is 23.5 Å². The highest BCUT2D eigenvalue weighted by Crippen LogP contribution is 2.26. The van der Waals surface area contributed by atoms with Gasteiger partial charge in [-0.3, -0.25) is 10.7 Å². The number of benzene rings is 1. The number of ether oxygens (including phenoxy) is 1. The standard InChI is InChI=1S/C17H16N4O4/c1-2-24-17(22)14-8-11(5-6-19-14)16-21-13-7-10(12(18)9-20-23)3-4-15(13)25-16/h3-9,20,23H,2,18H2,1H3/b12-9+. The van der Waals surface area contributed by atoms with Gasteiger partial charge in [-0.2, -0.15) is 0 Å². The van der Waals surface area contributed by atoms with Crippen LogP contribution in [-0.2, 0) is 4.74 Å². The number of aromatic nitrogens is 2. The minimum absolute atomic E-state index is 0.184. The average Bonchev–Trinajstić information content (AvgIpc) is 3.05. The number of pyridine rings is 1. The van der Waals surface area contributed by atoms with E-state index in [0.29, 0.717) is 33.8 Å². The highest BCUT2D eigenvalue weighted by molar-refractivity contribution is 5.88. The van der Waals surface area contributed by atoms with E-state index in [1.807, 2.05) is 5.48 Å². The van der Waals surface area contributed by atoms with Gasteiger partial charge in [0.05, 0.1) is 12.3 Å². The van der Waals surface area contributed by atoms with Gasteiger partial charge in [-0.1, -0.05) is 0 Å². The van der Waals surface area contributed by atoms with Crippen molar-refractivity contribution in [3.05, 3.63) is 54.0 Å². The predicted molar refractivity (Wildman–Crippen MR) is 90.3 cm³/mol. The molecule has 4 N–H and O–H groups in total. The van der Waals surface area contributed by atoms with Crippen molar-refractivity contribution in [2.24, 2.45) is 5.73 Å². The van der Waals surface area contributed by atoms with Crippen LogP contribution in [0.1, 0.15) is 23.0 Å². The maximum atomic E-state index is 11.8. The van der Waals surface area contributed by atoms with Crippen molar-refractivity contribution in [1.29, 1.82) is 0 Å². The van der Waals surface area contributed by atoms with Crippen molar-refractivity contribution in [3.8, 4) is 11.5 Å². The molecule has 2 heterocycles. The van der Waals surface area contributed by atoms with Crippen molar-refractivity contribution in [2.45, 2.75) is 6.92 Å². The highest BCUT2D eigenvalue weighted by Gasteiger charge is 2.14. The number of hydrogen-bond donors (Lipinski definition) is 3. The fourth-order valence-electron chi connectivity index (χ4n) is 2.26. The average molecular weight is 340 g/mol. The second-order valence-corrected chi connectivity index (χ2v) is 5.08. The van der Waals surface area contributed by atoms with Gasteiger partial charge in [-0.25, -0.2) is 14.8 Å². The minimum Gasteiger partial charge on any atom is -0.461 e. The summed E-state index contributed by atoms with van der Waals surface area (Å²) in [5, 5.41) is 8.69. The largest absolute Gasteiger partial charge is 0.461 e. The molecule has 1 aromatic carbocycles. The zero-order valence-electron chi connectivity index (χ0n) is 13.4. The van der Waals surface area contributed by atoms with Gasteiger partial charge in [0.15, 0.2) is 5.58 Å². The van der Waals surface area contributed by atoms with Crippen LogP contribution in [0.15, 0.2) is 47.1 Å². The van der Waals surface area contributed by atoms with Crippen LogP contribution in [0.25, 0.3) is 28.3 Å². The number of nitrogens with two attached hydrogens (primary N) is 1. The second-order valence-electron chi connectivity index (χ2n) is 5.08. The van der Waals surface area contributed by atoms with E-state index in [-0.39, 0.29) is 12.3 Å². The van der Waals surface area contributed by atoms with Crippen molar-refractivity contribution < 1.29 is 19.2 Å². The summed E-state index contributed by atoms with van der Waals surface area (Å²) in [4.78, 5) is 20.2. The Balaban J connectivity index is 1.98. The van der Waals surface area contributed by atoms with E-state index in [9.17, 15) is 4.79 Å². The molecule has 0 fully saturated rings. The van der Waals surface area contributed by atoms with Gasteiger partial charge in [-0.05, 0) is 37.3 Å². The summed E-state index contributed by atoms with van der Waals surface area (Å²) in [7, 11) is 0. The first kappa shape index (κ1) is 16.5. The summed E-state index contributed by atoms with van der Waals surface area (Å²) in [5.74, 6) is -0.153. The molecule has 0 bridgehead atoms. The van der Waals surface area contributed by atoms with Crippen LogP contribution in [0.3, 0.4) is 0 Å². The quantitative estimate of drug-likeness (QED) is 0.477. The van der Waals surface area contributed by atoms with E-state index in [1.165, 1.54) is 12.4 Å². The first-order chi connectivity index (χ1) is 12.1. The summed E-state index contributed by atoms with van der Waals surface area (Å²) in [6, 6.07) is 8.47. The number of esters is 1. The van der Waals surface area contributed by atoms with Crippen molar-refractivity contribution in [1.82, 2.24) is 15.4 Å². The van der Waals surface area contributed by atoms with Gasteiger partial charge in [0.25, 0.3) is 0 Å². The van der Waals surface area contributed by atoms with E-state index in [2.05, 4.69) is 9.97 Å². The Labute approximate surface area is 142 Å². The number of oxazole rings is 1. The lowest BCUT2D eigenvalue weighted by atomic mass is 10.1. The number of fused-ring (bicyclic) bond motifs is 1. The zero-order chi connectivity index (χ0) is 17.8. The fourth-order valence-corrected chi connectivity index (χ4v) is 2.26. The molecule has 3 aromatic rings. The molecule has 0 saturated carbocycles. The molecule has 0 unspecified atom stereocenters. The SMILES string of the molecule is CCOC(=O)c1cc(-c2nc3cc(/C(N)=C\NO)ccc3o2)ccn1. The third-order valence-corrected chi connectivity index (χ3v) is 3.43. The van der Waals surface area contributed by atoms with Crippen molar-refractivity contribution >= 4 is 22.8 Å². The third-order valence-electron chi connectivity index (χ3n) is 3.43. The van der Waals surface area contributed by atoms with Gasteiger partial charge < -0.3 is 14.9 Å². The third kappa shape index (κ3) is 3.43. The highest BCUT2D eigenvalue weighted by atomic mass is 16.5. The number of hydrogen-bond acceptors (Lipinski definition) is 8. The molecule has 0 saturated heterocycles. The summed E-state index contributed by atoms with van der Waals surface area (Å²) in [6.45, 7) is 2.00. The van der Waals surface area contributed by atoms with E-state index in [1.54, 1.807) is 37.3 Å². The Kier molecular flexibility index (Phi) is 4.62. The van der Waals surface area contributed by atoms with Crippen LogP contribution < -0.4 is 11.2 Å². The molecular weight excluding hydrogens is 324 g/mol. The van der Waals surface area contributed by atoms with Crippen LogP contribution in [-0.4, -0.2) is 27.8 Å². The van der Waals surface area contributed by atoms with E-state index < -0.39 is 5.97 Å². The summed E-state index contributed by atoms with van der Waals surface area (Å²) < 4.78 is 10.7. The van der Waals surface area contributed by atoms with Crippen LogP contribution in [0.5, 0.6) is 0 Å². The Morgan fingerprint density at radius 1 is 1.40 bits per heavy atom. The van der Waals surface area contributed by atoms with E-state index >= 15 is 0 Å². The molecule has 0 amide bonds. The fraction of sp³-hybridized carbons (Fsp3) is 0.118.